The van der Waals surface area contributed by atoms with E-state index < -0.39 is 0 Å². The minimum atomic E-state index is -0.129. The number of pyridine rings is 2. The number of hydrazine groups is 1. The van der Waals surface area contributed by atoms with Gasteiger partial charge in [0.1, 0.15) is 0 Å². The Bertz CT molecular complexity index is 1160. The van der Waals surface area contributed by atoms with Crippen molar-refractivity contribution in [2.45, 2.75) is 18.4 Å². The van der Waals surface area contributed by atoms with E-state index in [2.05, 4.69) is 45.1 Å². The molecule has 0 bridgehead atoms. The number of hydrogen-bond donors (Lipinski definition) is 3. The van der Waals surface area contributed by atoms with Crippen molar-refractivity contribution in [3.8, 4) is 11.3 Å². The Balaban J connectivity index is 1.52. The standard InChI is InChI=1S/C21H21N7/c1-28-13-15(12-24-28)18-6-7-19(27-22)20(25-18)26-21(8-9-21)16-4-5-17-14(11-16)3-2-10-23-17/h2-7,10-13,27H,8-9,22H2,1H3,(H,25,26). The molecule has 140 valence electrons. The Morgan fingerprint density at radius 2 is 2.04 bits per heavy atom. The molecule has 4 aromatic rings. The fourth-order valence-corrected chi connectivity index (χ4v) is 3.60. The van der Waals surface area contributed by atoms with Crippen LogP contribution < -0.4 is 16.6 Å². The number of rotatable bonds is 5. The molecule has 0 radical (unpaired) electrons. The molecule has 0 amide bonds. The number of fused-ring (bicyclic) bond motifs is 1. The lowest BCUT2D eigenvalue weighted by Crippen LogP contribution is -2.21. The topological polar surface area (TPSA) is 93.7 Å². The van der Waals surface area contributed by atoms with Crippen molar-refractivity contribution in [3.63, 3.8) is 0 Å². The second kappa shape index (κ2) is 6.31. The molecule has 3 heterocycles. The van der Waals surface area contributed by atoms with Crippen LogP contribution in [-0.4, -0.2) is 19.7 Å². The van der Waals surface area contributed by atoms with E-state index in [1.165, 1.54) is 5.56 Å². The minimum Gasteiger partial charge on any atom is -0.359 e. The first-order chi connectivity index (χ1) is 13.7. The van der Waals surface area contributed by atoms with Gasteiger partial charge in [0.25, 0.3) is 0 Å². The molecule has 7 heteroatoms. The summed E-state index contributed by atoms with van der Waals surface area (Å²) in [5.74, 6) is 6.48. The summed E-state index contributed by atoms with van der Waals surface area (Å²) >= 11 is 0. The predicted octanol–water partition coefficient (Wildman–Crippen LogP) is 3.42. The van der Waals surface area contributed by atoms with Gasteiger partial charge in [-0.15, -0.1) is 0 Å². The largest absolute Gasteiger partial charge is 0.359 e. The molecule has 0 atom stereocenters. The highest BCUT2D eigenvalue weighted by molar-refractivity contribution is 5.80. The molecule has 0 aliphatic heterocycles. The third-order valence-corrected chi connectivity index (χ3v) is 5.31. The molecule has 1 aliphatic carbocycles. The molecule has 0 unspecified atom stereocenters. The molecule has 28 heavy (non-hydrogen) atoms. The van der Waals surface area contributed by atoms with Crippen molar-refractivity contribution in [3.05, 3.63) is 66.6 Å². The predicted molar refractivity (Wildman–Crippen MR) is 111 cm³/mol. The van der Waals surface area contributed by atoms with Gasteiger partial charge in [-0.25, -0.2) is 4.98 Å². The first-order valence-corrected chi connectivity index (χ1v) is 9.27. The molecule has 1 aliphatic rings. The van der Waals surface area contributed by atoms with E-state index in [9.17, 15) is 0 Å². The molecule has 0 spiro atoms. The van der Waals surface area contributed by atoms with Crippen LogP contribution in [0.25, 0.3) is 22.2 Å². The van der Waals surface area contributed by atoms with Gasteiger partial charge in [0.2, 0.25) is 0 Å². The maximum absolute atomic E-state index is 5.74. The van der Waals surface area contributed by atoms with E-state index >= 15 is 0 Å². The van der Waals surface area contributed by atoms with E-state index in [1.807, 2.05) is 43.8 Å². The van der Waals surface area contributed by atoms with Crippen molar-refractivity contribution in [1.29, 1.82) is 0 Å². The SMILES string of the molecule is Cn1cc(-c2ccc(NN)c(NC3(c4ccc5ncccc5c4)CC3)n2)cn1. The number of benzene rings is 1. The normalized spacial score (nSPS) is 14.8. The highest BCUT2D eigenvalue weighted by atomic mass is 15.3. The Hall–Kier alpha value is -3.45. The van der Waals surface area contributed by atoms with Crippen molar-refractivity contribution >= 4 is 22.4 Å². The molecule has 1 saturated carbocycles. The number of hydrogen-bond acceptors (Lipinski definition) is 6. The van der Waals surface area contributed by atoms with Crippen LogP contribution in [0.3, 0.4) is 0 Å². The van der Waals surface area contributed by atoms with Gasteiger partial charge in [-0.05, 0) is 48.7 Å². The summed E-state index contributed by atoms with van der Waals surface area (Å²) in [6.45, 7) is 0. The first kappa shape index (κ1) is 16.7. The molecule has 0 saturated heterocycles. The van der Waals surface area contributed by atoms with Crippen LogP contribution in [0.4, 0.5) is 11.5 Å². The van der Waals surface area contributed by atoms with E-state index in [4.69, 9.17) is 10.8 Å². The lowest BCUT2D eigenvalue weighted by molar-refractivity contribution is 0.768. The fourth-order valence-electron chi connectivity index (χ4n) is 3.60. The molecule has 1 fully saturated rings. The summed E-state index contributed by atoms with van der Waals surface area (Å²) in [5, 5.41) is 9.03. The Kier molecular flexibility index (Phi) is 3.77. The van der Waals surface area contributed by atoms with Gasteiger partial charge >= 0.3 is 0 Å². The van der Waals surface area contributed by atoms with Gasteiger partial charge in [0.15, 0.2) is 5.82 Å². The maximum atomic E-state index is 5.74. The van der Waals surface area contributed by atoms with Crippen molar-refractivity contribution in [1.82, 2.24) is 19.7 Å². The summed E-state index contributed by atoms with van der Waals surface area (Å²) < 4.78 is 1.77. The van der Waals surface area contributed by atoms with Crippen molar-refractivity contribution < 1.29 is 0 Å². The average Bonchev–Trinajstić information content (AvgIpc) is 3.38. The number of nitrogens with zero attached hydrogens (tertiary/aromatic N) is 4. The highest BCUT2D eigenvalue weighted by Gasteiger charge is 2.45. The number of nitrogens with one attached hydrogen (secondary N) is 2. The Labute approximate surface area is 162 Å². The number of aryl methyl sites for hydroxylation is 1. The number of nitrogen functional groups attached to an aromatic ring is 1. The zero-order valence-electron chi connectivity index (χ0n) is 15.6. The first-order valence-electron chi connectivity index (χ1n) is 9.27. The van der Waals surface area contributed by atoms with Gasteiger partial charge in [0.05, 0.1) is 28.6 Å². The fraction of sp³-hybridized carbons (Fsp3) is 0.190. The van der Waals surface area contributed by atoms with E-state index in [0.717, 1.165) is 46.5 Å². The zero-order chi connectivity index (χ0) is 19.1. The second-order valence-corrected chi connectivity index (χ2v) is 7.26. The van der Waals surface area contributed by atoms with Crippen LogP contribution in [0.1, 0.15) is 18.4 Å². The monoisotopic (exact) mass is 371 g/mol. The highest BCUT2D eigenvalue weighted by Crippen LogP contribution is 2.49. The molecule has 4 N–H and O–H groups in total. The molecule has 5 rings (SSSR count). The summed E-state index contributed by atoms with van der Waals surface area (Å²) in [6, 6.07) is 14.4. The van der Waals surface area contributed by atoms with Crippen molar-refractivity contribution in [2.24, 2.45) is 12.9 Å². The van der Waals surface area contributed by atoms with Crippen LogP contribution in [0.15, 0.2) is 61.1 Å². The minimum absolute atomic E-state index is 0.129. The van der Waals surface area contributed by atoms with Crippen LogP contribution >= 0.6 is 0 Å². The smallest absolute Gasteiger partial charge is 0.152 e. The van der Waals surface area contributed by atoms with E-state index in [1.54, 1.807) is 4.68 Å². The number of anilines is 2. The summed E-state index contributed by atoms with van der Waals surface area (Å²) in [5.41, 5.74) is 7.46. The average molecular weight is 371 g/mol. The molecular formula is C21H21N7. The summed E-state index contributed by atoms with van der Waals surface area (Å²) in [4.78, 5) is 9.24. The molecule has 3 aromatic heterocycles. The number of nitrogens with two attached hydrogens (primary N) is 1. The Morgan fingerprint density at radius 1 is 1.14 bits per heavy atom. The summed E-state index contributed by atoms with van der Waals surface area (Å²) in [6.07, 6.45) is 7.67. The van der Waals surface area contributed by atoms with Gasteiger partial charge in [-0.2, -0.15) is 5.10 Å². The van der Waals surface area contributed by atoms with Gasteiger partial charge in [0, 0.05) is 30.4 Å². The zero-order valence-corrected chi connectivity index (χ0v) is 15.6. The van der Waals surface area contributed by atoms with Gasteiger partial charge in [-0.1, -0.05) is 12.1 Å². The molecule has 7 nitrogen and oxygen atoms in total. The molecular weight excluding hydrogens is 350 g/mol. The quantitative estimate of drug-likeness (QED) is 0.368. The molecule has 1 aromatic carbocycles. The van der Waals surface area contributed by atoms with Gasteiger partial charge < -0.3 is 10.7 Å². The second-order valence-electron chi connectivity index (χ2n) is 7.26. The van der Waals surface area contributed by atoms with E-state index in [0.29, 0.717) is 0 Å². The third kappa shape index (κ3) is 2.86. The maximum Gasteiger partial charge on any atom is 0.152 e. The van der Waals surface area contributed by atoms with Crippen molar-refractivity contribution in [2.75, 3.05) is 10.7 Å². The van der Waals surface area contributed by atoms with Gasteiger partial charge in [-0.3, -0.25) is 15.5 Å². The van der Waals surface area contributed by atoms with Crippen LogP contribution in [0.5, 0.6) is 0 Å². The van der Waals surface area contributed by atoms with Crippen LogP contribution in [0.2, 0.25) is 0 Å². The van der Waals surface area contributed by atoms with Crippen LogP contribution in [0, 0.1) is 0 Å². The lowest BCUT2D eigenvalue weighted by Gasteiger charge is -2.21. The summed E-state index contributed by atoms with van der Waals surface area (Å²) in [7, 11) is 1.90. The van der Waals surface area contributed by atoms with Crippen LogP contribution in [-0.2, 0) is 12.6 Å². The third-order valence-electron chi connectivity index (χ3n) is 5.31. The van der Waals surface area contributed by atoms with E-state index in [-0.39, 0.29) is 5.54 Å². The Morgan fingerprint density at radius 3 is 2.79 bits per heavy atom. The number of aromatic nitrogens is 4. The lowest BCUT2D eigenvalue weighted by atomic mass is 10.0.